The van der Waals surface area contributed by atoms with E-state index in [1.54, 1.807) is 30.3 Å². The molecule has 0 spiro atoms. The molecule has 3 rings (SSSR count). The van der Waals surface area contributed by atoms with Crippen LogP contribution in [0, 0.1) is 0 Å². The van der Waals surface area contributed by atoms with Crippen molar-refractivity contribution >= 4 is 10.0 Å². The Morgan fingerprint density at radius 3 is 2.62 bits per heavy atom. The van der Waals surface area contributed by atoms with Crippen LogP contribution in [-0.2, 0) is 15.6 Å². The van der Waals surface area contributed by atoms with Crippen molar-refractivity contribution in [1.82, 2.24) is 4.72 Å². The molecule has 0 amide bonds. The summed E-state index contributed by atoms with van der Waals surface area (Å²) in [4.78, 5) is 0.118. The Kier molecular flexibility index (Phi) is 4.49. The minimum absolute atomic E-state index is 0.118. The van der Waals surface area contributed by atoms with E-state index in [-0.39, 0.29) is 11.4 Å². The van der Waals surface area contributed by atoms with E-state index in [1.165, 1.54) is 19.2 Å². The van der Waals surface area contributed by atoms with E-state index >= 15 is 0 Å². The molecule has 0 bridgehead atoms. The average molecular weight is 349 g/mol. The quantitative estimate of drug-likeness (QED) is 0.857. The van der Waals surface area contributed by atoms with E-state index in [4.69, 9.17) is 9.47 Å². The van der Waals surface area contributed by atoms with Crippen molar-refractivity contribution < 1.29 is 23.0 Å². The number of methoxy groups -OCH3 is 1. The SMILES string of the molecule is COc1ccc(S(=O)(=O)NCC2(O)CCOc3ccccc32)cc1. The molecule has 2 aromatic carbocycles. The van der Waals surface area contributed by atoms with E-state index in [0.717, 1.165) is 0 Å². The van der Waals surface area contributed by atoms with E-state index in [9.17, 15) is 13.5 Å². The smallest absolute Gasteiger partial charge is 0.240 e. The number of sulfonamides is 1. The molecule has 0 aromatic heterocycles. The summed E-state index contributed by atoms with van der Waals surface area (Å²) in [5, 5.41) is 10.9. The molecule has 1 aliphatic rings. The third-order valence-corrected chi connectivity index (χ3v) is 5.50. The van der Waals surface area contributed by atoms with Gasteiger partial charge in [-0.25, -0.2) is 13.1 Å². The Morgan fingerprint density at radius 2 is 1.92 bits per heavy atom. The number of fused-ring (bicyclic) bond motifs is 1. The summed E-state index contributed by atoms with van der Waals surface area (Å²) in [5.41, 5.74) is -0.706. The number of hydrogen-bond acceptors (Lipinski definition) is 5. The standard InChI is InChI=1S/C17H19NO5S/c1-22-13-6-8-14(9-7-13)24(20,21)18-12-17(19)10-11-23-16-5-3-2-4-15(16)17/h2-9,18-19H,10-12H2,1H3. The summed E-state index contributed by atoms with van der Waals surface area (Å²) >= 11 is 0. The molecular formula is C17H19NO5S. The fourth-order valence-electron chi connectivity index (χ4n) is 2.68. The highest BCUT2D eigenvalue weighted by molar-refractivity contribution is 7.89. The van der Waals surface area contributed by atoms with Gasteiger partial charge in [-0.15, -0.1) is 0 Å². The topological polar surface area (TPSA) is 84.9 Å². The molecule has 0 aliphatic carbocycles. The number of benzene rings is 2. The molecule has 24 heavy (non-hydrogen) atoms. The summed E-state index contributed by atoms with van der Waals surface area (Å²) in [6, 6.07) is 13.2. The fraction of sp³-hybridized carbons (Fsp3) is 0.294. The Bertz CT molecular complexity index is 819. The zero-order chi connectivity index (χ0) is 17.2. The van der Waals surface area contributed by atoms with Gasteiger partial charge in [0.2, 0.25) is 10.0 Å². The molecule has 6 nitrogen and oxygen atoms in total. The van der Waals surface area contributed by atoms with Gasteiger partial charge in [0, 0.05) is 18.5 Å². The number of nitrogens with one attached hydrogen (secondary N) is 1. The molecule has 0 saturated carbocycles. The third kappa shape index (κ3) is 3.24. The minimum atomic E-state index is -3.73. The summed E-state index contributed by atoms with van der Waals surface area (Å²) in [5.74, 6) is 1.15. The Morgan fingerprint density at radius 1 is 1.21 bits per heavy atom. The van der Waals surface area contributed by atoms with Gasteiger partial charge in [0.1, 0.15) is 17.1 Å². The van der Waals surface area contributed by atoms with Gasteiger partial charge in [0.05, 0.1) is 18.6 Å². The Balaban J connectivity index is 1.79. The molecule has 1 unspecified atom stereocenters. The lowest BCUT2D eigenvalue weighted by Crippen LogP contribution is -2.43. The Labute approximate surface area is 141 Å². The van der Waals surface area contributed by atoms with Gasteiger partial charge in [-0.1, -0.05) is 18.2 Å². The second kappa shape index (κ2) is 6.43. The first-order chi connectivity index (χ1) is 11.4. The van der Waals surface area contributed by atoms with Crippen molar-refractivity contribution in [1.29, 1.82) is 0 Å². The molecule has 2 N–H and O–H groups in total. The Hall–Kier alpha value is -2.09. The van der Waals surface area contributed by atoms with Gasteiger partial charge < -0.3 is 14.6 Å². The van der Waals surface area contributed by atoms with Gasteiger partial charge in [-0.05, 0) is 30.3 Å². The van der Waals surface area contributed by atoms with Crippen LogP contribution in [0.1, 0.15) is 12.0 Å². The van der Waals surface area contributed by atoms with Crippen LogP contribution in [0.5, 0.6) is 11.5 Å². The van der Waals surface area contributed by atoms with Crippen molar-refractivity contribution in [3.8, 4) is 11.5 Å². The summed E-state index contributed by atoms with van der Waals surface area (Å²) in [6.45, 7) is 0.208. The van der Waals surface area contributed by atoms with Crippen LogP contribution in [0.3, 0.4) is 0 Å². The van der Waals surface area contributed by atoms with E-state index in [2.05, 4.69) is 4.72 Å². The van der Waals surface area contributed by atoms with Crippen LogP contribution in [0.2, 0.25) is 0 Å². The lowest BCUT2D eigenvalue weighted by molar-refractivity contribution is 0.00219. The maximum Gasteiger partial charge on any atom is 0.240 e. The number of rotatable bonds is 5. The monoisotopic (exact) mass is 349 g/mol. The third-order valence-electron chi connectivity index (χ3n) is 4.09. The molecule has 0 radical (unpaired) electrons. The van der Waals surface area contributed by atoms with Crippen molar-refractivity contribution in [2.45, 2.75) is 16.9 Å². The maximum absolute atomic E-state index is 12.4. The summed E-state index contributed by atoms with van der Waals surface area (Å²) < 4.78 is 37.9. The predicted molar refractivity (Wildman–Crippen MR) is 88.6 cm³/mol. The van der Waals surface area contributed by atoms with Gasteiger partial charge in [0.15, 0.2) is 0 Å². The van der Waals surface area contributed by atoms with Crippen LogP contribution in [0.15, 0.2) is 53.4 Å². The zero-order valence-electron chi connectivity index (χ0n) is 13.2. The van der Waals surface area contributed by atoms with Gasteiger partial charge in [-0.3, -0.25) is 0 Å². The van der Waals surface area contributed by atoms with Crippen molar-refractivity contribution in [3.05, 3.63) is 54.1 Å². The average Bonchev–Trinajstić information content (AvgIpc) is 2.61. The molecule has 1 aliphatic heterocycles. The summed E-state index contributed by atoms with van der Waals surface area (Å²) in [7, 11) is -2.22. The van der Waals surface area contributed by atoms with Gasteiger partial charge in [-0.2, -0.15) is 0 Å². The van der Waals surface area contributed by atoms with Crippen LogP contribution >= 0.6 is 0 Å². The molecule has 7 heteroatoms. The molecule has 0 saturated heterocycles. The zero-order valence-corrected chi connectivity index (χ0v) is 14.0. The lowest BCUT2D eigenvalue weighted by atomic mass is 9.88. The predicted octanol–water partition coefficient (Wildman–Crippen LogP) is 1.64. The first-order valence-electron chi connectivity index (χ1n) is 7.53. The van der Waals surface area contributed by atoms with Gasteiger partial charge in [0.25, 0.3) is 0 Å². The number of aliphatic hydroxyl groups is 1. The van der Waals surface area contributed by atoms with E-state index in [0.29, 0.717) is 30.1 Å². The maximum atomic E-state index is 12.4. The first-order valence-corrected chi connectivity index (χ1v) is 9.01. The molecule has 2 aromatic rings. The van der Waals surface area contributed by atoms with Crippen molar-refractivity contribution in [2.24, 2.45) is 0 Å². The number of ether oxygens (including phenoxy) is 2. The number of hydrogen-bond donors (Lipinski definition) is 2. The minimum Gasteiger partial charge on any atom is -0.497 e. The highest BCUT2D eigenvalue weighted by Crippen LogP contribution is 2.36. The fourth-order valence-corrected chi connectivity index (χ4v) is 3.77. The van der Waals surface area contributed by atoms with Crippen LogP contribution in [0.4, 0.5) is 0 Å². The molecule has 128 valence electrons. The number of para-hydroxylation sites is 1. The lowest BCUT2D eigenvalue weighted by Gasteiger charge is -2.34. The van der Waals surface area contributed by atoms with Crippen molar-refractivity contribution in [3.63, 3.8) is 0 Å². The molecular weight excluding hydrogens is 330 g/mol. The highest BCUT2D eigenvalue weighted by Gasteiger charge is 2.36. The van der Waals surface area contributed by atoms with E-state index < -0.39 is 15.6 Å². The second-order valence-corrected chi connectivity index (χ2v) is 7.39. The second-order valence-electron chi connectivity index (χ2n) is 5.63. The highest BCUT2D eigenvalue weighted by atomic mass is 32.2. The molecule has 0 fully saturated rings. The van der Waals surface area contributed by atoms with Crippen LogP contribution in [0.25, 0.3) is 0 Å². The summed E-state index contributed by atoms with van der Waals surface area (Å²) in [6.07, 6.45) is 0.315. The first kappa shape index (κ1) is 16.8. The largest absolute Gasteiger partial charge is 0.497 e. The van der Waals surface area contributed by atoms with Crippen LogP contribution < -0.4 is 14.2 Å². The molecule has 1 heterocycles. The van der Waals surface area contributed by atoms with Crippen LogP contribution in [-0.4, -0.2) is 33.8 Å². The van der Waals surface area contributed by atoms with Crippen molar-refractivity contribution in [2.75, 3.05) is 20.3 Å². The van der Waals surface area contributed by atoms with Gasteiger partial charge >= 0.3 is 0 Å². The van der Waals surface area contributed by atoms with E-state index in [1.807, 2.05) is 6.07 Å². The normalized spacial score (nSPS) is 20.1. The molecule has 1 atom stereocenters.